The molecule has 0 spiro atoms. The summed E-state index contributed by atoms with van der Waals surface area (Å²) in [5.74, 6) is -1.02. The minimum absolute atomic E-state index is 0.0508. The Kier molecular flexibility index (Phi) is 3.59. The summed E-state index contributed by atoms with van der Waals surface area (Å²) < 4.78 is 5.34. The lowest BCUT2D eigenvalue weighted by molar-refractivity contribution is 0.0650. The molecule has 0 bridgehead atoms. The number of carboxylic acids is 1. The Hall–Kier alpha value is -1.42. The smallest absolute Gasteiger partial charge is 0.354 e. The highest BCUT2D eigenvalue weighted by molar-refractivity contribution is 5.85. The molecule has 4 nitrogen and oxygen atoms in total. The maximum Gasteiger partial charge on any atom is 0.354 e. The van der Waals surface area contributed by atoms with Crippen LogP contribution in [0, 0.1) is 0 Å². The predicted octanol–water partition coefficient (Wildman–Crippen LogP) is 1.70. The molecule has 0 atom stereocenters. The molecule has 1 aromatic heterocycles. The van der Waals surface area contributed by atoms with Crippen LogP contribution < -0.4 is 0 Å². The van der Waals surface area contributed by atoms with Gasteiger partial charge in [0.2, 0.25) is 0 Å². The molecular formula is C10H13NO3. The fourth-order valence-corrected chi connectivity index (χ4v) is 0.944. The summed E-state index contributed by atoms with van der Waals surface area (Å²) in [5, 5.41) is 8.68. The van der Waals surface area contributed by atoms with Crippen molar-refractivity contribution in [2.75, 3.05) is 0 Å². The van der Waals surface area contributed by atoms with E-state index in [1.165, 1.54) is 12.3 Å². The van der Waals surface area contributed by atoms with Crippen LogP contribution in [0.15, 0.2) is 18.3 Å². The third-order valence-electron chi connectivity index (χ3n) is 1.63. The van der Waals surface area contributed by atoms with Crippen molar-refractivity contribution in [3.05, 3.63) is 29.6 Å². The second-order valence-corrected chi connectivity index (χ2v) is 3.21. The molecule has 0 aliphatic rings. The van der Waals surface area contributed by atoms with Gasteiger partial charge < -0.3 is 9.84 Å². The molecule has 1 aromatic rings. The summed E-state index contributed by atoms with van der Waals surface area (Å²) in [6, 6.07) is 3.26. The number of rotatable bonds is 4. The Morgan fingerprint density at radius 1 is 1.64 bits per heavy atom. The molecule has 76 valence electrons. The van der Waals surface area contributed by atoms with E-state index < -0.39 is 5.97 Å². The van der Waals surface area contributed by atoms with Crippen LogP contribution in [0.3, 0.4) is 0 Å². The molecule has 0 fully saturated rings. The molecule has 4 heteroatoms. The van der Waals surface area contributed by atoms with E-state index in [-0.39, 0.29) is 11.8 Å². The highest BCUT2D eigenvalue weighted by Gasteiger charge is 2.05. The minimum atomic E-state index is -1.02. The zero-order valence-corrected chi connectivity index (χ0v) is 8.23. The summed E-state index contributed by atoms with van der Waals surface area (Å²) in [5.41, 5.74) is 0.876. The van der Waals surface area contributed by atoms with Crippen molar-refractivity contribution in [3.63, 3.8) is 0 Å². The third kappa shape index (κ3) is 3.14. The summed E-state index contributed by atoms with van der Waals surface area (Å²) in [4.78, 5) is 14.3. The van der Waals surface area contributed by atoms with Crippen LogP contribution in [0.2, 0.25) is 0 Å². The quantitative estimate of drug-likeness (QED) is 0.794. The van der Waals surface area contributed by atoms with Crippen LogP contribution in [-0.4, -0.2) is 22.2 Å². The Balaban J connectivity index is 2.69. The maximum atomic E-state index is 10.6. The number of ether oxygens (including phenoxy) is 1. The molecular weight excluding hydrogens is 182 g/mol. The first-order chi connectivity index (χ1) is 6.59. The van der Waals surface area contributed by atoms with E-state index in [2.05, 4.69) is 4.98 Å². The van der Waals surface area contributed by atoms with Crippen molar-refractivity contribution in [1.82, 2.24) is 4.98 Å². The fourth-order valence-electron chi connectivity index (χ4n) is 0.944. The number of hydrogen-bond donors (Lipinski definition) is 1. The fraction of sp³-hybridized carbons (Fsp3) is 0.400. The van der Waals surface area contributed by atoms with E-state index in [1.807, 2.05) is 13.8 Å². The first kappa shape index (κ1) is 10.7. The van der Waals surface area contributed by atoms with Crippen LogP contribution in [-0.2, 0) is 11.3 Å². The zero-order chi connectivity index (χ0) is 10.6. The average Bonchev–Trinajstić information content (AvgIpc) is 2.15. The minimum Gasteiger partial charge on any atom is -0.477 e. The lowest BCUT2D eigenvalue weighted by atomic mass is 10.2. The first-order valence-electron chi connectivity index (χ1n) is 4.39. The Bertz CT molecular complexity index is 323. The Morgan fingerprint density at radius 2 is 2.36 bits per heavy atom. The Morgan fingerprint density at radius 3 is 2.93 bits per heavy atom. The number of carboxylic acid groups (broad SMARTS) is 1. The molecule has 0 aromatic carbocycles. The number of pyridine rings is 1. The number of aromatic nitrogens is 1. The van der Waals surface area contributed by atoms with Gasteiger partial charge in [-0.2, -0.15) is 0 Å². The van der Waals surface area contributed by atoms with Crippen LogP contribution in [0.4, 0.5) is 0 Å². The second-order valence-electron chi connectivity index (χ2n) is 3.21. The van der Waals surface area contributed by atoms with Crippen molar-refractivity contribution in [2.45, 2.75) is 26.6 Å². The standard InChI is InChI=1S/C10H13NO3/c1-7(2)14-6-8-3-4-11-9(5-8)10(12)13/h3-5,7H,6H2,1-2H3,(H,12,13). The normalized spacial score (nSPS) is 10.5. The van der Waals surface area contributed by atoms with Gasteiger partial charge in [0.15, 0.2) is 0 Å². The number of nitrogens with zero attached hydrogens (tertiary/aromatic N) is 1. The summed E-state index contributed by atoms with van der Waals surface area (Å²) in [6.07, 6.45) is 1.61. The molecule has 0 saturated carbocycles. The predicted molar refractivity (Wildman–Crippen MR) is 51.1 cm³/mol. The summed E-state index contributed by atoms with van der Waals surface area (Å²) in [7, 11) is 0. The van der Waals surface area contributed by atoms with Crippen molar-refractivity contribution >= 4 is 5.97 Å². The van der Waals surface area contributed by atoms with E-state index in [1.54, 1.807) is 6.07 Å². The van der Waals surface area contributed by atoms with Gasteiger partial charge >= 0.3 is 5.97 Å². The van der Waals surface area contributed by atoms with Crippen LogP contribution in [0.25, 0.3) is 0 Å². The van der Waals surface area contributed by atoms with Crippen molar-refractivity contribution in [3.8, 4) is 0 Å². The monoisotopic (exact) mass is 195 g/mol. The van der Waals surface area contributed by atoms with E-state index >= 15 is 0 Å². The molecule has 1 heterocycles. The van der Waals surface area contributed by atoms with Crippen molar-refractivity contribution < 1.29 is 14.6 Å². The SMILES string of the molecule is CC(C)OCc1ccnc(C(=O)O)c1. The molecule has 1 N–H and O–H groups in total. The average molecular weight is 195 g/mol. The van der Waals surface area contributed by atoms with Gasteiger partial charge in [0.25, 0.3) is 0 Å². The van der Waals surface area contributed by atoms with Gasteiger partial charge in [-0.15, -0.1) is 0 Å². The van der Waals surface area contributed by atoms with E-state index in [0.717, 1.165) is 5.56 Å². The molecule has 0 amide bonds. The van der Waals surface area contributed by atoms with E-state index in [9.17, 15) is 4.79 Å². The van der Waals surface area contributed by atoms with Crippen molar-refractivity contribution in [1.29, 1.82) is 0 Å². The van der Waals surface area contributed by atoms with Gasteiger partial charge in [-0.05, 0) is 31.5 Å². The van der Waals surface area contributed by atoms with E-state index in [4.69, 9.17) is 9.84 Å². The molecule has 14 heavy (non-hydrogen) atoms. The van der Waals surface area contributed by atoms with Gasteiger partial charge in [0.1, 0.15) is 5.69 Å². The van der Waals surface area contributed by atoms with Gasteiger partial charge in [-0.25, -0.2) is 9.78 Å². The zero-order valence-electron chi connectivity index (χ0n) is 8.23. The Labute approximate surface area is 82.5 Å². The highest BCUT2D eigenvalue weighted by Crippen LogP contribution is 2.05. The number of hydrogen-bond acceptors (Lipinski definition) is 3. The largest absolute Gasteiger partial charge is 0.477 e. The van der Waals surface area contributed by atoms with Gasteiger partial charge in [0, 0.05) is 6.20 Å². The molecule has 1 rings (SSSR count). The molecule has 0 aliphatic heterocycles. The first-order valence-corrected chi connectivity index (χ1v) is 4.39. The third-order valence-corrected chi connectivity index (χ3v) is 1.63. The van der Waals surface area contributed by atoms with Gasteiger partial charge in [-0.1, -0.05) is 0 Å². The summed E-state index contributed by atoms with van der Waals surface area (Å²) in [6.45, 7) is 4.28. The lowest BCUT2D eigenvalue weighted by Gasteiger charge is -2.07. The number of aromatic carboxylic acids is 1. The molecule has 0 radical (unpaired) electrons. The number of carbonyl (C=O) groups is 1. The van der Waals surface area contributed by atoms with Gasteiger partial charge in [-0.3, -0.25) is 0 Å². The highest BCUT2D eigenvalue weighted by atomic mass is 16.5. The topological polar surface area (TPSA) is 59.4 Å². The molecule has 0 unspecified atom stereocenters. The van der Waals surface area contributed by atoms with Crippen LogP contribution in [0.5, 0.6) is 0 Å². The van der Waals surface area contributed by atoms with E-state index in [0.29, 0.717) is 6.61 Å². The van der Waals surface area contributed by atoms with Crippen molar-refractivity contribution in [2.24, 2.45) is 0 Å². The second kappa shape index (κ2) is 4.72. The van der Waals surface area contributed by atoms with Crippen LogP contribution in [0.1, 0.15) is 29.9 Å². The maximum absolute atomic E-state index is 10.6. The van der Waals surface area contributed by atoms with Gasteiger partial charge in [0.05, 0.1) is 12.7 Å². The lowest BCUT2D eigenvalue weighted by Crippen LogP contribution is -2.05. The molecule has 0 saturated heterocycles. The van der Waals surface area contributed by atoms with Crippen LogP contribution >= 0.6 is 0 Å². The molecule has 0 aliphatic carbocycles. The summed E-state index contributed by atoms with van der Waals surface area (Å²) >= 11 is 0.